The topological polar surface area (TPSA) is 284 Å². The molecule has 18 heteroatoms. The Labute approximate surface area is 221 Å². The number of carbonyl (C=O) groups is 1. The van der Waals surface area contributed by atoms with Gasteiger partial charge in [-0.1, -0.05) is 0 Å². The summed E-state index contributed by atoms with van der Waals surface area (Å²) in [6.07, 6.45) is -24.5. The Morgan fingerprint density at radius 3 is 1.64 bits per heavy atom. The van der Waals surface area contributed by atoms with E-state index in [2.05, 4.69) is 0 Å². The average Bonchev–Trinajstić information content (AvgIpc) is 2.92. The number of ether oxygens (including phenoxy) is 7. The number of aliphatic hydroxyl groups excluding tert-OH is 9. The van der Waals surface area contributed by atoms with E-state index in [1.807, 2.05) is 0 Å². The smallest absolute Gasteiger partial charge is 0.329 e. The van der Waals surface area contributed by atoms with Crippen molar-refractivity contribution < 1.29 is 89.0 Å². The Hall–Kier alpha value is -1.17. The number of aliphatic hydroxyl groups is 9. The minimum Gasteiger partial charge on any atom is -0.480 e. The van der Waals surface area contributed by atoms with Gasteiger partial charge in [-0.15, -0.1) is 0 Å². The lowest BCUT2D eigenvalue weighted by atomic mass is 9.96. The van der Waals surface area contributed by atoms with Crippen LogP contribution in [0, 0.1) is 0 Å². The van der Waals surface area contributed by atoms with Gasteiger partial charge in [0.1, 0.15) is 79.9 Å². The maximum Gasteiger partial charge on any atom is 0.329 e. The molecule has 3 saturated heterocycles. The lowest BCUT2D eigenvalue weighted by Gasteiger charge is -2.48. The molecule has 0 spiro atoms. The summed E-state index contributed by atoms with van der Waals surface area (Å²) in [7, 11) is 1.19. The lowest BCUT2D eigenvalue weighted by Crippen LogP contribution is -2.67. The van der Waals surface area contributed by atoms with Crippen molar-refractivity contribution >= 4 is 5.97 Å². The average molecular weight is 577 g/mol. The molecule has 3 aliphatic rings. The number of hydrogen-bond donors (Lipinski definition) is 10. The van der Waals surface area contributed by atoms with E-state index >= 15 is 0 Å². The van der Waals surface area contributed by atoms with E-state index in [0.29, 0.717) is 0 Å². The van der Waals surface area contributed by atoms with Gasteiger partial charge in [-0.05, 0) is 0 Å². The summed E-state index contributed by atoms with van der Waals surface area (Å²) in [5.74, 6) is -1.45. The highest BCUT2D eigenvalue weighted by atomic mass is 16.8. The maximum atomic E-state index is 11.2. The van der Waals surface area contributed by atoms with E-state index in [0.717, 1.165) is 0 Å². The van der Waals surface area contributed by atoms with E-state index in [9.17, 15) is 50.8 Å². The molecule has 0 aromatic rings. The van der Waals surface area contributed by atoms with E-state index in [1.54, 1.807) is 0 Å². The molecule has 18 nitrogen and oxygen atoms in total. The van der Waals surface area contributed by atoms with Gasteiger partial charge < -0.3 is 84.2 Å². The highest BCUT2D eigenvalue weighted by Crippen LogP contribution is 2.33. The summed E-state index contributed by atoms with van der Waals surface area (Å²) in [5, 5.41) is 100. The van der Waals surface area contributed by atoms with Crippen LogP contribution in [0.3, 0.4) is 0 Å². The van der Waals surface area contributed by atoms with Crippen LogP contribution < -0.4 is 0 Å². The van der Waals surface area contributed by atoms with Crippen molar-refractivity contribution in [2.24, 2.45) is 0 Å². The second-order valence-corrected chi connectivity index (χ2v) is 9.23. The highest BCUT2D eigenvalue weighted by molar-refractivity contribution is 5.68. The SMILES string of the molecule is CO[C@@H]1O[C@H](CO)[C@H](O[C@@H]2O[C@H](CO)[C@H](O[C@H]3O[C@H](CO)[C@H](O)[C@H](O)[C@H]3O)[C@H](O)[C@H]2OCC(=O)O)[C@H](O)[C@H]1O. The molecule has 0 radical (unpaired) electrons. The minimum atomic E-state index is -1.88. The van der Waals surface area contributed by atoms with Gasteiger partial charge in [0.25, 0.3) is 0 Å². The number of carboxylic acid groups (broad SMARTS) is 1. The molecule has 0 aromatic heterocycles. The largest absolute Gasteiger partial charge is 0.480 e. The number of aliphatic carboxylic acids is 1. The number of methoxy groups -OCH3 is 1. The predicted molar refractivity (Wildman–Crippen MR) is 117 cm³/mol. The van der Waals surface area contributed by atoms with Crippen molar-refractivity contribution in [3.05, 3.63) is 0 Å². The zero-order valence-electron chi connectivity index (χ0n) is 20.7. The van der Waals surface area contributed by atoms with Crippen LogP contribution in [0.5, 0.6) is 0 Å². The summed E-state index contributed by atoms with van der Waals surface area (Å²) in [5.41, 5.74) is 0. The molecule has 3 rings (SSSR count). The van der Waals surface area contributed by atoms with Gasteiger partial charge in [-0.25, -0.2) is 4.79 Å². The molecule has 3 aliphatic heterocycles. The Kier molecular flexibility index (Phi) is 11.7. The lowest BCUT2D eigenvalue weighted by molar-refractivity contribution is -0.381. The van der Waals surface area contributed by atoms with Crippen molar-refractivity contribution in [2.75, 3.05) is 33.5 Å². The van der Waals surface area contributed by atoms with Crippen LogP contribution in [0.4, 0.5) is 0 Å². The van der Waals surface area contributed by atoms with Crippen LogP contribution in [-0.4, -0.2) is 183 Å². The molecule has 3 fully saturated rings. The van der Waals surface area contributed by atoms with Crippen LogP contribution in [0.2, 0.25) is 0 Å². The fourth-order valence-corrected chi connectivity index (χ4v) is 4.57. The van der Waals surface area contributed by atoms with Crippen molar-refractivity contribution in [3.63, 3.8) is 0 Å². The number of hydrogen-bond acceptors (Lipinski definition) is 17. The van der Waals surface area contributed by atoms with E-state index in [-0.39, 0.29) is 0 Å². The Balaban J connectivity index is 1.84. The monoisotopic (exact) mass is 576 g/mol. The first-order chi connectivity index (χ1) is 18.5. The third-order valence-corrected chi connectivity index (χ3v) is 6.68. The molecule has 0 unspecified atom stereocenters. The van der Waals surface area contributed by atoms with Gasteiger partial charge in [0.15, 0.2) is 18.9 Å². The van der Waals surface area contributed by atoms with Gasteiger partial charge >= 0.3 is 5.97 Å². The summed E-state index contributed by atoms with van der Waals surface area (Å²) in [6, 6.07) is 0. The normalized spacial score (nSPS) is 47.2. The number of rotatable bonds is 11. The van der Waals surface area contributed by atoms with Crippen LogP contribution in [0.1, 0.15) is 0 Å². The van der Waals surface area contributed by atoms with E-state index in [1.165, 1.54) is 7.11 Å². The molecule has 10 N–H and O–H groups in total. The predicted octanol–water partition coefficient (Wildman–Crippen LogP) is -6.81. The van der Waals surface area contributed by atoms with E-state index < -0.39 is 125 Å². The second kappa shape index (κ2) is 14.1. The second-order valence-electron chi connectivity index (χ2n) is 9.23. The highest BCUT2D eigenvalue weighted by Gasteiger charge is 2.54. The standard InChI is InChI=1S/C21H36O18/c1-33-19-14(31)12(29)16(7(3-23)36-19)39-21-18(34-5-9(25)26)15(32)17(8(4-24)37-21)38-20-13(30)11(28)10(27)6(2-22)35-20/h6-8,10-24,27-32H,2-5H2,1H3,(H,25,26)/t6-,7-,8-,10+,11+,12-,13-,14-,15+,16+,17+,18-,19-,20-,21+/m1/s1. The number of carboxylic acids is 1. The van der Waals surface area contributed by atoms with Gasteiger partial charge in [-0.3, -0.25) is 0 Å². The van der Waals surface area contributed by atoms with Gasteiger partial charge in [0.2, 0.25) is 0 Å². The zero-order valence-corrected chi connectivity index (χ0v) is 20.7. The molecule has 0 aliphatic carbocycles. The first-order valence-corrected chi connectivity index (χ1v) is 12.0. The molecule has 15 atom stereocenters. The molecular weight excluding hydrogens is 540 g/mol. The van der Waals surface area contributed by atoms with Gasteiger partial charge in [0.05, 0.1) is 19.8 Å². The Morgan fingerprint density at radius 1 is 0.615 bits per heavy atom. The Morgan fingerprint density at radius 2 is 1.10 bits per heavy atom. The minimum absolute atomic E-state index is 0.726. The van der Waals surface area contributed by atoms with E-state index in [4.69, 9.17) is 38.3 Å². The van der Waals surface area contributed by atoms with Crippen LogP contribution >= 0.6 is 0 Å². The van der Waals surface area contributed by atoms with Crippen molar-refractivity contribution in [3.8, 4) is 0 Å². The van der Waals surface area contributed by atoms with Gasteiger partial charge in [-0.2, -0.15) is 0 Å². The van der Waals surface area contributed by atoms with Gasteiger partial charge in [0, 0.05) is 7.11 Å². The van der Waals surface area contributed by atoms with Crippen molar-refractivity contribution in [2.45, 2.75) is 92.1 Å². The third-order valence-electron chi connectivity index (χ3n) is 6.68. The third kappa shape index (κ3) is 7.01. The van der Waals surface area contributed by atoms with Crippen molar-refractivity contribution in [1.82, 2.24) is 0 Å². The molecule has 39 heavy (non-hydrogen) atoms. The van der Waals surface area contributed by atoms with Crippen molar-refractivity contribution in [1.29, 1.82) is 0 Å². The van der Waals surface area contributed by atoms with Crippen LogP contribution in [-0.2, 0) is 38.0 Å². The first kappa shape index (κ1) is 32.3. The summed E-state index contributed by atoms with van der Waals surface area (Å²) < 4.78 is 37.7. The fourth-order valence-electron chi connectivity index (χ4n) is 4.57. The van der Waals surface area contributed by atoms with Crippen LogP contribution in [0.15, 0.2) is 0 Å². The quantitative estimate of drug-likeness (QED) is 0.109. The summed E-state index contributed by atoms with van der Waals surface area (Å²) in [4.78, 5) is 11.2. The first-order valence-electron chi connectivity index (χ1n) is 12.0. The molecule has 3 heterocycles. The zero-order chi connectivity index (χ0) is 29.0. The molecule has 228 valence electrons. The maximum absolute atomic E-state index is 11.2. The Bertz CT molecular complexity index is 769. The van der Waals surface area contributed by atoms with Crippen LogP contribution in [0.25, 0.3) is 0 Å². The molecule has 0 saturated carbocycles. The molecular formula is C21H36O18. The fraction of sp³-hybridized carbons (Fsp3) is 0.952. The summed E-state index contributed by atoms with van der Waals surface area (Å²) >= 11 is 0. The summed E-state index contributed by atoms with van der Waals surface area (Å²) in [6.45, 7) is -3.34. The molecule has 0 amide bonds. The molecule has 0 aromatic carbocycles. The molecule has 0 bridgehead atoms.